The molecule has 0 atom stereocenters. The first-order chi connectivity index (χ1) is 7.25. The fraction of sp³-hybridized carbons (Fsp3) is 0.250. The van der Waals surface area contributed by atoms with E-state index in [1.54, 1.807) is 0 Å². The molecule has 1 aromatic carbocycles. The van der Waals surface area contributed by atoms with Crippen molar-refractivity contribution in [3.05, 3.63) is 35.4 Å². The minimum atomic E-state index is -0.270. The van der Waals surface area contributed by atoms with Gasteiger partial charge in [0.05, 0.1) is 0 Å². The summed E-state index contributed by atoms with van der Waals surface area (Å²) in [6.07, 6.45) is 5.08. The number of hydrogen-bond acceptors (Lipinski definition) is 2. The molecule has 1 heterocycles. The van der Waals surface area contributed by atoms with Crippen LogP contribution in [0.15, 0.2) is 24.3 Å². The van der Waals surface area contributed by atoms with E-state index < -0.39 is 0 Å². The van der Waals surface area contributed by atoms with E-state index in [4.69, 9.17) is 10.5 Å². The third-order valence-corrected chi connectivity index (χ3v) is 2.37. The molecule has 0 saturated heterocycles. The summed E-state index contributed by atoms with van der Waals surface area (Å²) in [4.78, 5) is 10.6. The largest absolute Gasteiger partial charge is 0.489 e. The molecule has 0 aromatic heterocycles. The van der Waals surface area contributed by atoms with E-state index >= 15 is 0 Å². The number of ether oxygens (including phenoxy) is 1. The summed E-state index contributed by atoms with van der Waals surface area (Å²) >= 11 is 0. The minimum Gasteiger partial charge on any atom is -0.489 e. The van der Waals surface area contributed by atoms with E-state index in [2.05, 4.69) is 0 Å². The maximum Gasteiger partial charge on any atom is 0.217 e. The fourth-order valence-corrected chi connectivity index (χ4v) is 1.58. The predicted molar refractivity (Wildman–Crippen MR) is 58.5 cm³/mol. The number of carbonyl (C=O) groups excluding carboxylic acids is 1. The molecule has 0 fully saturated rings. The number of benzene rings is 1. The van der Waals surface area contributed by atoms with Crippen molar-refractivity contribution in [1.82, 2.24) is 0 Å². The molecule has 1 aliphatic rings. The lowest BCUT2D eigenvalue weighted by molar-refractivity contribution is -0.117. The number of nitrogens with two attached hydrogens (primary N) is 1. The molecule has 0 radical (unpaired) electrons. The van der Waals surface area contributed by atoms with Crippen molar-refractivity contribution >= 4 is 12.0 Å². The zero-order valence-electron chi connectivity index (χ0n) is 8.40. The first kappa shape index (κ1) is 9.77. The number of fused-ring (bicyclic) bond motifs is 1. The fourth-order valence-electron chi connectivity index (χ4n) is 1.58. The molecular formula is C12H13NO2. The third-order valence-electron chi connectivity index (χ3n) is 2.37. The van der Waals surface area contributed by atoms with Gasteiger partial charge in [-0.2, -0.15) is 0 Å². The summed E-state index contributed by atoms with van der Waals surface area (Å²) in [6, 6.07) is 5.98. The van der Waals surface area contributed by atoms with E-state index in [1.807, 2.05) is 30.4 Å². The summed E-state index contributed by atoms with van der Waals surface area (Å²) in [5.41, 5.74) is 7.27. The summed E-state index contributed by atoms with van der Waals surface area (Å²) < 4.78 is 5.47. The number of primary amides is 1. The average Bonchev–Trinajstić information content (AvgIpc) is 2.26. The smallest absolute Gasteiger partial charge is 0.217 e. The van der Waals surface area contributed by atoms with Gasteiger partial charge in [0.1, 0.15) is 12.4 Å². The predicted octanol–water partition coefficient (Wildman–Crippen LogP) is 1.51. The zero-order chi connectivity index (χ0) is 10.7. The highest BCUT2D eigenvalue weighted by atomic mass is 16.5. The Hall–Kier alpha value is -1.77. The van der Waals surface area contributed by atoms with Gasteiger partial charge in [0.25, 0.3) is 0 Å². The van der Waals surface area contributed by atoms with Crippen molar-refractivity contribution in [3.63, 3.8) is 0 Å². The Morgan fingerprint density at radius 3 is 3.13 bits per heavy atom. The van der Waals surface area contributed by atoms with Gasteiger partial charge in [0.15, 0.2) is 0 Å². The summed E-state index contributed by atoms with van der Waals surface area (Å²) in [5, 5.41) is 0. The molecule has 3 heteroatoms. The summed E-state index contributed by atoms with van der Waals surface area (Å²) in [6.45, 7) is 0.617. The number of amides is 1. The lowest BCUT2D eigenvalue weighted by atomic mass is 10.0. The van der Waals surface area contributed by atoms with Crippen LogP contribution in [-0.4, -0.2) is 12.5 Å². The van der Waals surface area contributed by atoms with Crippen molar-refractivity contribution < 1.29 is 9.53 Å². The molecule has 1 amide bonds. The molecule has 0 spiro atoms. The molecule has 0 aliphatic carbocycles. The molecule has 15 heavy (non-hydrogen) atoms. The van der Waals surface area contributed by atoms with E-state index in [0.717, 1.165) is 16.9 Å². The van der Waals surface area contributed by atoms with E-state index in [0.29, 0.717) is 19.4 Å². The Labute approximate surface area is 88.5 Å². The molecule has 2 N–H and O–H groups in total. The van der Waals surface area contributed by atoms with E-state index in [1.165, 1.54) is 0 Å². The van der Waals surface area contributed by atoms with Crippen molar-refractivity contribution in [2.45, 2.75) is 12.8 Å². The molecule has 1 aromatic rings. The highest BCUT2D eigenvalue weighted by Crippen LogP contribution is 2.25. The van der Waals surface area contributed by atoms with Crippen LogP contribution in [0.1, 0.15) is 17.5 Å². The number of hydrogen-bond donors (Lipinski definition) is 1. The Kier molecular flexibility index (Phi) is 2.72. The average molecular weight is 203 g/mol. The van der Waals surface area contributed by atoms with Crippen LogP contribution in [0, 0.1) is 0 Å². The molecule has 0 unspecified atom stereocenters. The van der Waals surface area contributed by atoms with Crippen molar-refractivity contribution in [2.24, 2.45) is 5.73 Å². The Morgan fingerprint density at radius 2 is 2.33 bits per heavy atom. The van der Waals surface area contributed by atoms with Crippen LogP contribution in [0.25, 0.3) is 6.08 Å². The zero-order valence-corrected chi connectivity index (χ0v) is 8.40. The van der Waals surface area contributed by atoms with Crippen LogP contribution in [0.4, 0.5) is 0 Å². The lowest BCUT2D eigenvalue weighted by Gasteiger charge is -2.13. The monoisotopic (exact) mass is 203 g/mol. The van der Waals surface area contributed by atoms with E-state index in [-0.39, 0.29) is 5.91 Å². The molecular weight excluding hydrogens is 190 g/mol. The van der Waals surface area contributed by atoms with Gasteiger partial charge in [-0.25, -0.2) is 0 Å². The van der Waals surface area contributed by atoms with Gasteiger partial charge in [-0.15, -0.1) is 0 Å². The van der Waals surface area contributed by atoms with Crippen LogP contribution in [-0.2, 0) is 11.2 Å². The standard InChI is InChI=1S/C12H13NO2/c13-12(14)6-4-9-3-5-10-2-1-7-15-11(10)8-9/h1-3,5,8H,4,6-7H2,(H2,13,14). The highest BCUT2D eigenvalue weighted by Gasteiger charge is 2.06. The van der Waals surface area contributed by atoms with Gasteiger partial charge in [0.2, 0.25) is 5.91 Å². The normalized spacial score (nSPS) is 13.1. The SMILES string of the molecule is NC(=O)CCc1ccc2c(c1)OCC=C2. The molecule has 0 bridgehead atoms. The van der Waals surface area contributed by atoms with Crippen LogP contribution in [0.3, 0.4) is 0 Å². The van der Waals surface area contributed by atoms with Crippen molar-refractivity contribution in [1.29, 1.82) is 0 Å². The first-order valence-electron chi connectivity index (χ1n) is 4.96. The highest BCUT2D eigenvalue weighted by molar-refractivity contribution is 5.74. The molecule has 0 saturated carbocycles. The van der Waals surface area contributed by atoms with Crippen molar-refractivity contribution in [2.75, 3.05) is 6.61 Å². The summed E-state index contributed by atoms with van der Waals surface area (Å²) in [5.74, 6) is 0.619. The van der Waals surface area contributed by atoms with Crippen LogP contribution < -0.4 is 10.5 Å². The Bertz CT molecular complexity index is 410. The second-order valence-electron chi connectivity index (χ2n) is 3.55. The Morgan fingerprint density at radius 1 is 1.47 bits per heavy atom. The number of carbonyl (C=O) groups is 1. The quantitative estimate of drug-likeness (QED) is 0.809. The van der Waals surface area contributed by atoms with Crippen LogP contribution in [0.2, 0.25) is 0 Å². The maximum absolute atomic E-state index is 10.6. The third kappa shape index (κ3) is 2.37. The van der Waals surface area contributed by atoms with Gasteiger partial charge >= 0.3 is 0 Å². The second-order valence-corrected chi connectivity index (χ2v) is 3.55. The number of aryl methyl sites for hydroxylation is 1. The topological polar surface area (TPSA) is 52.3 Å². The second kappa shape index (κ2) is 4.17. The van der Waals surface area contributed by atoms with Gasteiger partial charge in [-0.1, -0.05) is 18.2 Å². The lowest BCUT2D eigenvalue weighted by Crippen LogP contribution is -2.11. The van der Waals surface area contributed by atoms with Gasteiger partial charge in [-0.3, -0.25) is 4.79 Å². The Balaban J connectivity index is 2.14. The minimum absolute atomic E-state index is 0.270. The van der Waals surface area contributed by atoms with Gasteiger partial charge in [0, 0.05) is 12.0 Å². The van der Waals surface area contributed by atoms with Crippen molar-refractivity contribution in [3.8, 4) is 5.75 Å². The van der Waals surface area contributed by atoms with Crippen LogP contribution >= 0.6 is 0 Å². The maximum atomic E-state index is 10.6. The van der Waals surface area contributed by atoms with E-state index in [9.17, 15) is 4.79 Å². The molecule has 3 nitrogen and oxygen atoms in total. The molecule has 1 aliphatic heterocycles. The van der Waals surface area contributed by atoms with Gasteiger partial charge in [-0.05, 0) is 24.1 Å². The number of rotatable bonds is 3. The first-order valence-corrected chi connectivity index (χ1v) is 4.96. The van der Waals surface area contributed by atoms with Crippen LogP contribution in [0.5, 0.6) is 5.75 Å². The summed E-state index contributed by atoms with van der Waals surface area (Å²) in [7, 11) is 0. The van der Waals surface area contributed by atoms with Gasteiger partial charge < -0.3 is 10.5 Å². The molecule has 78 valence electrons. The molecule has 2 rings (SSSR count).